The first kappa shape index (κ1) is 17.6. The average Bonchev–Trinajstić information content (AvgIpc) is 2.51. The van der Waals surface area contributed by atoms with Gasteiger partial charge in [0.1, 0.15) is 5.82 Å². The van der Waals surface area contributed by atoms with Gasteiger partial charge in [0, 0.05) is 24.6 Å². The molecule has 1 fully saturated rings. The molecule has 1 aliphatic carbocycles. The molecule has 0 bridgehead atoms. The fourth-order valence-corrected chi connectivity index (χ4v) is 3.38. The highest BCUT2D eigenvalue weighted by molar-refractivity contribution is 7.89. The van der Waals surface area contributed by atoms with Crippen molar-refractivity contribution in [2.24, 2.45) is 10.9 Å². The van der Waals surface area contributed by atoms with Crippen molar-refractivity contribution < 1.29 is 8.42 Å². The Balaban J connectivity index is 1.58. The molecule has 1 aromatic heterocycles. The van der Waals surface area contributed by atoms with E-state index in [4.69, 9.17) is 16.6 Å². The summed E-state index contributed by atoms with van der Waals surface area (Å²) in [5.41, 5.74) is 13.5. The van der Waals surface area contributed by atoms with E-state index in [1.807, 2.05) is 6.07 Å². The molecule has 1 aromatic carbocycles. The topological polar surface area (TPSA) is 150 Å². The van der Waals surface area contributed by atoms with E-state index in [9.17, 15) is 8.42 Å². The van der Waals surface area contributed by atoms with Gasteiger partial charge in [0.2, 0.25) is 16.0 Å². The summed E-state index contributed by atoms with van der Waals surface area (Å²) in [5.74, 6) is 1.29. The van der Waals surface area contributed by atoms with Crippen molar-refractivity contribution >= 4 is 21.8 Å². The van der Waals surface area contributed by atoms with Gasteiger partial charge < -0.3 is 16.8 Å². The molecule has 0 amide bonds. The van der Waals surface area contributed by atoms with Crippen molar-refractivity contribution in [1.29, 1.82) is 0 Å². The average molecular weight is 362 g/mol. The number of nitrogen functional groups attached to an aromatic ring is 1. The third-order valence-corrected chi connectivity index (χ3v) is 5.26. The summed E-state index contributed by atoms with van der Waals surface area (Å²) in [7, 11) is -3.66. The van der Waals surface area contributed by atoms with E-state index in [0.29, 0.717) is 24.7 Å². The number of hydrogen-bond acceptors (Lipinski definition) is 7. The number of sulfonamides is 1. The first-order valence-corrected chi connectivity index (χ1v) is 9.61. The van der Waals surface area contributed by atoms with Crippen LogP contribution in [0.4, 0.5) is 11.8 Å². The van der Waals surface area contributed by atoms with Crippen LogP contribution in [0, 0.1) is 0 Å². The van der Waals surface area contributed by atoms with Gasteiger partial charge in [-0.3, -0.25) is 0 Å². The van der Waals surface area contributed by atoms with Crippen LogP contribution in [0.15, 0.2) is 35.2 Å². The first-order valence-electron chi connectivity index (χ1n) is 8.07. The Hall–Kier alpha value is -2.23. The Bertz CT molecular complexity index is 847. The van der Waals surface area contributed by atoms with Crippen molar-refractivity contribution in [3.05, 3.63) is 41.6 Å². The van der Waals surface area contributed by atoms with Gasteiger partial charge in [0.15, 0.2) is 0 Å². The van der Waals surface area contributed by atoms with Crippen LogP contribution < -0.4 is 21.9 Å². The normalized spacial score (nSPS) is 20.1. The van der Waals surface area contributed by atoms with Gasteiger partial charge in [-0.1, -0.05) is 12.1 Å². The minimum Gasteiger partial charge on any atom is -0.370 e. The quantitative estimate of drug-likeness (QED) is 0.586. The lowest BCUT2D eigenvalue weighted by atomic mass is 9.78. The molecule has 7 N–H and O–H groups in total. The Kier molecular flexibility index (Phi) is 4.89. The van der Waals surface area contributed by atoms with Crippen LogP contribution in [0.3, 0.4) is 0 Å². The van der Waals surface area contributed by atoms with E-state index >= 15 is 0 Å². The molecule has 0 aliphatic heterocycles. The largest absolute Gasteiger partial charge is 0.370 e. The predicted molar refractivity (Wildman–Crippen MR) is 96.4 cm³/mol. The van der Waals surface area contributed by atoms with Gasteiger partial charge in [-0.05, 0) is 37.0 Å². The van der Waals surface area contributed by atoms with E-state index < -0.39 is 10.0 Å². The van der Waals surface area contributed by atoms with E-state index in [2.05, 4.69) is 15.3 Å². The Labute approximate surface area is 146 Å². The number of primary sulfonamides is 1. The second-order valence-corrected chi connectivity index (χ2v) is 7.89. The third kappa shape index (κ3) is 4.44. The maximum Gasteiger partial charge on any atom is 0.238 e. The Morgan fingerprint density at radius 3 is 2.44 bits per heavy atom. The summed E-state index contributed by atoms with van der Waals surface area (Å²) in [5, 5.41) is 8.31. The molecular weight excluding hydrogens is 340 g/mol. The fraction of sp³-hybridized carbons (Fsp3) is 0.375. The molecule has 3 rings (SSSR count). The number of nitrogens with two attached hydrogens (primary N) is 3. The molecule has 1 saturated carbocycles. The summed E-state index contributed by atoms with van der Waals surface area (Å²) in [6, 6.07) is 8.67. The lowest BCUT2D eigenvalue weighted by Crippen LogP contribution is -2.35. The Morgan fingerprint density at radius 2 is 1.84 bits per heavy atom. The second kappa shape index (κ2) is 6.95. The molecule has 0 saturated heterocycles. The van der Waals surface area contributed by atoms with E-state index in [1.165, 1.54) is 12.1 Å². The molecule has 0 radical (unpaired) electrons. The van der Waals surface area contributed by atoms with Gasteiger partial charge in [-0.25, -0.2) is 18.5 Å². The van der Waals surface area contributed by atoms with Crippen molar-refractivity contribution in [1.82, 2.24) is 9.97 Å². The molecule has 8 nitrogen and oxygen atoms in total. The molecule has 2 aromatic rings. The number of benzene rings is 1. The third-order valence-electron chi connectivity index (χ3n) is 4.33. The van der Waals surface area contributed by atoms with Crippen LogP contribution in [0.2, 0.25) is 0 Å². The smallest absolute Gasteiger partial charge is 0.238 e. The standard InChI is InChI=1S/C16H22N6O2S/c17-12-7-11(8-12)14-9-15(22-16(18)21-14)20-6-5-10-1-3-13(4-2-10)25(19,23)24/h1-4,9,11-12H,5-8,17H2,(H2,19,23,24)(H3,18,20,21,22). The molecule has 9 heteroatoms. The summed E-state index contributed by atoms with van der Waals surface area (Å²) in [4.78, 5) is 8.60. The summed E-state index contributed by atoms with van der Waals surface area (Å²) < 4.78 is 22.5. The number of aromatic nitrogens is 2. The van der Waals surface area contributed by atoms with Crippen molar-refractivity contribution in [2.75, 3.05) is 17.6 Å². The highest BCUT2D eigenvalue weighted by Gasteiger charge is 2.29. The van der Waals surface area contributed by atoms with Crippen molar-refractivity contribution in [3.63, 3.8) is 0 Å². The Morgan fingerprint density at radius 1 is 1.16 bits per heavy atom. The fourth-order valence-electron chi connectivity index (χ4n) is 2.87. The minimum absolute atomic E-state index is 0.108. The maximum absolute atomic E-state index is 11.2. The van der Waals surface area contributed by atoms with Gasteiger partial charge in [-0.2, -0.15) is 4.98 Å². The zero-order valence-corrected chi connectivity index (χ0v) is 14.5. The zero-order valence-electron chi connectivity index (χ0n) is 13.7. The number of hydrogen-bond donors (Lipinski definition) is 4. The van der Waals surface area contributed by atoms with Crippen LogP contribution in [0.1, 0.15) is 30.0 Å². The van der Waals surface area contributed by atoms with Gasteiger partial charge >= 0.3 is 0 Å². The highest BCUT2D eigenvalue weighted by Crippen LogP contribution is 2.35. The molecule has 1 heterocycles. The zero-order chi connectivity index (χ0) is 18.0. The number of anilines is 2. The molecule has 0 atom stereocenters. The summed E-state index contributed by atoms with van der Waals surface area (Å²) >= 11 is 0. The van der Waals surface area contributed by atoms with Crippen LogP contribution >= 0.6 is 0 Å². The molecule has 1 aliphatic rings. The van der Waals surface area contributed by atoms with Crippen molar-refractivity contribution in [2.45, 2.75) is 36.1 Å². The molecular formula is C16H22N6O2S. The van der Waals surface area contributed by atoms with Gasteiger partial charge in [0.05, 0.1) is 10.6 Å². The molecule has 0 unspecified atom stereocenters. The molecule has 134 valence electrons. The van der Waals surface area contributed by atoms with Gasteiger partial charge in [-0.15, -0.1) is 0 Å². The van der Waals surface area contributed by atoms with E-state index in [1.54, 1.807) is 12.1 Å². The minimum atomic E-state index is -3.66. The van der Waals surface area contributed by atoms with E-state index in [0.717, 1.165) is 24.1 Å². The predicted octanol–water partition coefficient (Wildman–Crippen LogP) is 0.565. The highest BCUT2D eigenvalue weighted by atomic mass is 32.2. The van der Waals surface area contributed by atoms with E-state index in [-0.39, 0.29) is 16.9 Å². The number of rotatable bonds is 6. The maximum atomic E-state index is 11.2. The first-order chi connectivity index (χ1) is 11.8. The number of nitrogens with zero attached hydrogens (tertiary/aromatic N) is 2. The van der Waals surface area contributed by atoms with Crippen LogP contribution in [0.25, 0.3) is 0 Å². The number of nitrogens with one attached hydrogen (secondary N) is 1. The molecule has 25 heavy (non-hydrogen) atoms. The van der Waals surface area contributed by atoms with Crippen LogP contribution in [-0.4, -0.2) is 31.0 Å². The molecule has 0 spiro atoms. The van der Waals surface area contributed by atoms with Crippen LogP contribution in [-0.2, 0) is 16.4 Å². The van der Waals surface area contributed by atoms with Gasteiger partial charge in [0.25, 0.3) is 0 Å². The monoisotopic (exact) mass is 362 g/mol. The summed E-state index contributed by atoms with van der Waals surface area (Å²) in [6.45, 7) is 0.634. The van der Waals surface area contributed by atoms with Crippen molar-refractivity contribution in [3.8, 4) is 0 Å². The lowest BCUT2D eigenvalue weighted by molar-refractivity contribution is 0.345. The SMILES string of the molecule is Nc1nc(NCCc2ccc(S(N)(=O)=O)cc2)cc(C2CC(N)C2)n1. The second-order valence-electron chi connectivity index (χ2n) is 6.33. The van der Waals surface area contributed by atoms with Crippen LogP contribution in [0.5, 0.6) is 0 Å². The lowest BCUT2D eigenvalue weighted by Gasteiger charge is -2.32. The summed E-state index contributed by atoms with van der Waals surface area (Å²) in [6.07, 6.45) is 2.55.